The highest BCUT2D eigenvalue weighted by atomic mass is 19.1. The van der Waals surface area contributed by atoms with Gasteiger partial charge in [-0.2, -0.15) is 0 Å². The van der Waals surface area contributed by atoms with Gasteiger partial charge in [-0.15, -0.1) is 0 Å². The Morgan fingerprint density at radius 2 is 1.97 bits per heavy atom. The van der Waals surface area contributed by atoms with E-state index in [2.05, 4.69) is 27.1 Å². The van der Waals surface area contributed by atoms with Crippen molar-refractivity contribution in [3.63, 3.8) is 0 Å². The molecule has 1 aliphatic heterocycles. The van der Waals surface area contributed by atoms with Gasteiger partial charge in [0.2, 0.25) is 11.9 Å². The average molecular weight is 399 g/mol. The maximum absolute atomic E-state index is 13.4. The normalized spacial score (nSPS) is 16.6. The molecule has 1 atom stereocenters. The minimum atomic E-state index is -0.276. The predicted octanol–water partition coefficient (Wildman–Crippen LogP) is 4.59. The fourth-order valence-electron chi connectivity index (χ4n) is 3.76. The van der Waals surface area contributed by atoms with E-state index >= 15 is 0 Å². The highest BCUT2D eigenvalue weighted by molar-refractivity contribution is 5.79. The van der Waals surface area contributed by atoms with Crippen molar-refractivity contribution in [3.8, 4) is 11.1 Å². The van der Waals surface area contributed by atoms with E-state index in [-0.39, 0.29) is 17.6 Å². The van der Waals surface area contributed by atoms with Gasteiger partial charge in [-0.25, -0.2) is 14.4 Å². The lowest BCUT2D eigenvalue weighted by Crippen LogP contribution is -2.43. The quantitative estimate of drug-likeness (QED) is 0.628. The van der Waals surface area contributed by atoms with Crippen LogP contribution in [0.5, 0.6) is 0 Å². The van der Waals surface area contributed by atoms with Gasteiger partial charge in [-0.1, -0.05) is 44.7 Å². The molecular weight excluding hydrogens is 367 g/mol. The summed E-state index contributed by atoms with van der Waals surface area (Å²) in [6, 6.07) is 6.41. The summed E-state index contributed by atoms with van der Waals surface area (Å²) in [7, 11) is 0. The smallest absolute Gasteiger partial charge is 0.225 e. The van der Waals surface area contributed by atoms with E-state index in [0.717, 1.165) is 43.5 Å². The largest absolute Gasteiger partial charge is 0.356 e. The van der Waals surface area contributed by atoms with Crippen LogP contribution in [0, 0.1) is 11.7 Å². The number of amides is 1. The number of hydrogen-bond donors (Lipinski definition) is 1. The zero-order valence-corrected chi connectivity index (χ0v) is 17.2. The Bertz CT molecular complexity index is 781. The lowest BCUT2D eigenvalue weighted by Gasteiger charge is -2.32. The second-order valence-corrected chi connectivity index (χ2v) is 7.77. The van der Waals surface area contributed by atoms with Gasteiger partial charge in [-0.3, -0.25) is 4.79 Å². The minimum absolute atomic E-state index is 0.0223. The number of carbonyl (C=O) groups is 1. The third-order valence-electron chi connectivity index (χ3n) is 5.45. The van der Waals surface area contributed by atoms with Crippen LogP contribution in [0.25, 0.3) is 11.1 Å². The average Bonchev–Trinajstić information content (AvgIpc) is 2.76. The molecule has 1 aromatic heterocycles. The summed E-state index contributed by atoms with van der Waals surface area (Å²) < 4.78 is 13.4. The third kappa shape index (κ3) is 6.24. The van der Waals surface area contributed by atoms with Gasteiger partial charge >= 0.3 is 0 Å². The van der Waals surface area contributed by atoms with Gasteiger partial charge in [0.25, 0.3) is 0 Å². The first-order valence-corrected chi connectivity index (χ1v) is 10.8. The fraction of sp³-hybridized carbons (Fsp3) is 0.522. The molecule has 1 N–H and O–H groups in total. The van der Waals surface area contributed by atoms with Gasteiger partial charge in [0.05, 0.1) is 5.92 Å². The van der Waals surface area contributed by atoms with E-state index in [1.165, 1.54) is 37.8 Å². The zero-order chi connectivity index (χ0) is 20.5. The number of carbonyl (C=O) groups excluding carboxylic acids is 1. The number of hydrogen-bond acceptors (Lipinski definition) is 4. The topological polar surface area (TPSA) is 58.1 Å². The van der Waals surface area contributed by atoms with Crippen LogP contribution in [0.1, 0.15) is 51.9 Å². The number of aromatic nitrogens is 2. The van der Waals surface area contributed by atoms with Crippen molar-refractivity contribution in [2.45, 2.75) is 51.9 Å². The SMILES string of the molecule is CCCCCCCNC(=O)C1CCCN(c2ncc(-c3cccc(F)c3)cn2)C1. The molecule has 5 nitrogen and oxygen atoms in total. The molecule has 2 heterocycles. The van der Waals surface area contributed by atoms with Gasteiger partial charge in [0, 0.05) is 37.6 Å². The molecule has 1 aromatic carbocycles. The summed E-state index contributed by atoms with van der Waals surface area (Å²) >= 11 is 0. The molecule has 1 unspecified atom stereocenters. The summed E-state index contributed by atoms with van der Waals surface area (Å²) in [5, 5.41) is 3.10. The molecular formula is C23H31FN4O. The third-order valence-corrected chi connectivity index (χ3v) is 5.45. The van der Waals surface area contributed by atoms with E-state index in [4.69, 9.17) is 0 Å². The Balaban J connectivity index is 1.51. The number of nitrogens with zero attached hydrogens (tertiary/aromatic N) is 3. The first-order valence-electron chi connectivity index (χ1n) is 10.8. The van der Waals surface area contributed by atoms with Crippen molar-refractivity contribution in [2.24, 2.45) is 5.92 Å². The molecule has 2 aromatic rings. The molecule has 0 aliphatic carbocycles. The van der Waals surface area contributed by atoms with Crippen LogP contribution < -0.4 is 10.2 Å². The summed E-state index contributed by atoms with van der Waals surface area (Å²) in [5.74, 6) is 0.469. The summed E-state index contributed by atoms with van der Waals surface area (Å²) in [6.07, 6.45) is 11.3. The van der Waals surface area contributed by atoms with E-state index in [1.54, 1.807) is 18.5 Å². The van der Waals surface area contributed by atoms with Crippen molar-refractivity contribution in [2.75, 3.05) is 24.5 Å². The van der Waals surface area contributed by atoms with Crippen molar-refractivity contribution in [1.29, 1.82) is 0 Å². The van der Waals surface area contributed by atoms with Crippen LogP contribution in [0.4, 0.5) is 10.3 Å². The second-order valence-electron chi connectivity index (χ2n) is 7.77. The molecule has 1 fully saturated rings. The summed E-state index contributed by atoms with van der Waals surface area (Å²) in [5.41, 5.74) is 1.54. The van der Waals surface area contributed by atoms with Crippen LogP contribution >= 0.6 is 0 Å². The minimum Gasteiger partial charge on any atom is -0.356 e. The number of piperidine rings is 1. The number of nitrogens with one attached hydrogen (secondary N) is 1. The second kappa shape index (κ2) is 10.9. The molecule has 29 heavy (non-hydrogen) atoms. The van der Waals surface area contributed by atoms with Crippen LogP contribution in [-0.4, -0.2) is 35.5 Å². The number of anilines is 1. The number of halogens is 1. The maximum atomic E-state index is 13.4. The first kappa shape index (κ1) is 21.2. The molecule has 0 radical (unpaired) electrons. The van der Waals surface area contributed by atoms with Crippen LogP contribution in [0.3, 0.4) is 0 Å². The number of benzene rings is 1. The van der Waals surface area contributed by atoms with Gasteiger partial charge < -0.3 is 10.2 Å². The Hall–Kier alpha value is -2.50. The van der Waals surface area contributed by atoms with E-state index < -0.39 is 0 Å². The van der Waals surface area contributed by atoms with Crippen molar-refractivity contribution in [3.05, 3.63) is 42.5 Å². The molecule has 6 heteroatoms. The van der Waals surface area contributed by atoms with Gasteiger partial charge in [0.1, 0.15) is 5.82 Å². The Morgan fingerprint density at radius 3 is 2.72 bits per heavy atom. The molecule has 1 saturated heterocycles. The lowest BCUT2D eigenvalue weighted by atomic mass is 9.97. The maximum Gasteiger partial charge on any atom is 0.225 e. The van der Waals surface area contributed by atoms with Gasteiger partial charge in [-0.05, 0) is 37.0 Å². The van der Waals surface area contributed by atoms with Crippen LogP contribution in [0.15, 0.2) is 36.7 Å². The molecule has 1 aliphatic rings. The van der Waals surface area contributed by atoms with Crippen molar-refractivity contribution >= 4 is 11.9 Å². The summed E-state index contributed by atoms with van der Waals surface area (Å²) in [6.45, 7) is 4.45. The predicted molar refractivity (Wildman–Crippen MR) is 114 cm³/mol. The first-order chi connectivity index (χ1) is 14.2. The Labute approximate surface area is 172 Å². The molecule has 0 saturated carbocycles. The standard InChI is InChI=1S/C23H31FN4O/c1-2-3-4-5-6-12-25-22(29)19-10-8-13-28(17-19)23-26-15-20(16-27-23)18-9-7-11-21(24)14-18/h7,9,11,14-16,19H,2-6,8,10,12-13,17H2,1H3,(H,25,29). The summed E-state index contributed by atoms with van der Waals surface area (Å²) in [4.78, 5) is 23.5. The molecule has 1 amide bonds. The van der Waals surface area contributed by atoms with E-state index in [9.17, 15) is 9.18 Å². The zero-order valence-electron chi connectivity index (χ0n) is 17.2. The van der Waals surface area contributed by atoms with E-state index in [1.807, 2.05) is 6.07 Å². The van der Waals surface area contributed by atoms with Crippen LogP contribution in [-0.2, 0) is 4.79 Å². The highest BCUT2D eigenvalue weighted by Gasteiger charge is 2.26. The highest BCUT2D eigenvalue weighted by Crippen LogP contribution is 2.23. The monoisotopic (exact) mass is 398 g/mol. The molecule has 156 valence electrons. The Kier molecular flexibility index (Phi) is 7.96. The van der Waals surface area contributed by atoms with Crippen molar-refractivity contribution < 1.29 is 9.18 Å². The van der Waals surface area contributed by atoms with Crippen molar-refractivity contribution in [1.82, 2.24) is 15.3 Å². The fourth-order valence-corrected chi connectivity index (χ4v) is 3.76. The molecule has 3 rings (SSSR count). The van der Waals surface area contributed by atoms with E-state index in [0.29, 0.717) is 12.5 Å². The van der Waals surface area contributed by atoms with Crippen LogP contribution in [0.2, 0.25) is 0 Å². The number of unbranched alkanes of at least 4 members (excludes halogenated alkanes) is 4. The lowest BCUT2D eigenvalue weighted by molar-refractivity contribution is -0.125. The molecule has 0 bridgehead atoms. The van der Waals surface area contributed by atoms with Gasteiger partial charge in [0.15, 0.2) is 0 Å². The molecule has 0 spiro atoms. The number of rotatable bonds is 9. The Morgan fingerprint density at radius 1 is 1.17 bits per heavy atom.